The Kier molecular flexibility index (Phi) is 4.33. The molecule has 0 amide bonds. The maximum atomic E-state index is 5.25. The predicted octanol–water partition coefficient (Wildman–Crippen LogP) is 1.95. The SMILES string of the molecule is CNC(c1cccc(OC)c1)C(C)(C)NC. The molecule has 0 radical (unpaired) electrons. The molecule has 0 spiro atoms. The third-order valence-electron chi connectivity index (χ3n) is 3.08. The Bertz CT molecular complexity index is 336. The van der Waals surface area contributed by atoms with Gasteiger partial charge in [-0.3, -0.25) is 0 Å². The first-order valence-corrected chi connectivity index (χ1v) is 5.55. The van der Waals surface area contributed by atoms with Crippen LogP contribution in [0.1, 0.15) is 25.5 Å². The van der Waals surface area contributed by atoms with Gasteiger partial charge in [-0.1, -0.05) is 12.1 Å². The first-order chi connectivity index (χ1) is 7.55. The Morgan fingerprint density at radius 1 is 1.25 bits per heavy atom. The normalized spacial score (nSPS) is 13.6. The van der Waals surface area contributed by atoms with Crippen molar-refractivity contribution < 1.29 is 4.74 Å². The highest BCUT2D eigenvalue weighted by Gasteiger charge is 2.27. The van der Waals surface area contributed by atoms with Crippen molar-refractivity contribution >= 4 is 0 Å². The fourth-order valence-electron chi connectivity index (χ4n) is 1.91. The lowest BCUT2D eigenvalue weighted by atomic mass is 9.89. The van der Waals surface area contributed by atoms with Crippen LogP contribution in [0.2, 0.25) is 0 Å². The molecule has 1 unspecified atom stereocenters. The van der Waals surface area contributed by atoms with Crippen molar-refractivity contribution in [3.8, 4) is 5.75 Å². The summed E-state index contributed by atoms with van der Waals surface area (Å²) >= 11 is 0. The van der Waals surface area contributed by atoms with Crippen LogP contribution in [0.3, 0.4) is 0 Å². The van der Waals surface area contributed by atoms with Crippen LogP contribution in [0, 0.1) is 0 Å². The molecule has 1 rings (SSSR count). The second-order valence-electron chi connectivity index (χ2n) is 4.47. The summed E-state index contributed by atoms with van der Waals surface area (Å²) in [6, 6.07) is 8.41. The molecular weight excluding hydrogens is 200 g/mol. The molecule has 0 aromatic heterocycles. The third-order valence-corrected chi connectivity index (χ3v) is 3.08. The zero-order valence-corrected chi connectivity index (χ0v) is 10.8. The van der Waals surface area contributed by atoms with E-state index in [-0.39, 0.29) is 11.6 Å². The van der Waals surface area contributed by atoms with Gasteiger partial charge in [-0.15, -0.1) is 0 Å². The second-order valence-corrected chi connectivity index (χ2v) is 4.47. The van der Waals surface area contributed by atoms with Crippen molar-refractivity contribution in [1.29, 1.82) is 0 Å². The van der Waals surface area contributed by atoms with Gasteiger partial charge in [0, 0.05) is 11.6 Å². The van der Waals surface area contributed by atoms with Crippen LogP contribution in [0.4, 0.5) is 0 Å². The molecule has 0 fully saturated rings. The quantitative estimate of drug-likeness (QED) is 0.799. The first kappa shape index (κ1) is 13.0. The Hall–Kier alpha value is -1.06. The van der Waals surface area contributed by atoms with Gasteiger partial charge < -0.3 is 15.4 Å². The number of ether oxygens (including phenoxy) is 1. The third kappa shape index (κ3) is 2.74. The molecule has 90 valence electrons. The minimum atomic E-state index is -0.0128. The zero-order valence-electron chi connectivity index (χ0n) is 10.8. The standard InChI is InChI=1S/C13H22N2O/c1-13(2,15-4)12(14-3)10-7-6-8-11(9-10)16-5/h6-9,12,14-15H,1-5H3. The smallest absolute Gasteiger partial charge is 0.119 e. The maximum Gasteiger partial charge on any atom is 0.119 e. The van der Waals surface area contributed by atoms with Gasteiger partial charge in [-0.25, -0.2) is 0 Å². The van der Waals surface area contributed by atoms with E-state index in [1.54, 1.807) is 7.11 Å². The molecular formula is C13H22N2O. The minimum Gasteiger partial charge on any atom is -0.497 e. The average molecular weight is 222 g/mol. The van der Waals surface area contributed by atoms with E-state index in [4.69, 9.17) is 4.74 Å². The number of benzene rings is 1. The van der Waals surface area contributed by atoms with Gasteiger partial charge >= 0.3 is 0 Å². The summed E-state index contributed by atoms with van der Waals surface area (Å²) in [4.78, 5) is 0. The highest BCUT2D eigenvalue weighted by Crippen LogP contribution is 2.27. The van der Waals surface area contributed by atoms with E-state index in [2.05, 4.69) is 36.6 Å². The van der Waals surface area contributed by atoms with Gasteiger partial charge in [0.25, 0.3) is 0 Å². The summed E-state index contributed by atoms with van der Waals surface area (Å²) in [6.07, 6.45) is 0. The van der Waals surface area contributed by atoms with E-state index in [9.17, 15) is 0 Å². The summed E-state index contributed by atoms with van der Waals surface area (Å²) in [7, 11) is 5.64. The zero-order chi connectivity index (χ0) is 12.2. The fourth-order valence-corrected chi connectivity index (χ4v) is 1.91. The van der Waals surface area contributed by atoms with Crippen molar-refractivity contribution in [2.75, 3.05) is 21.2 Å². The molecule has 1 aromatic carbocycles. The number of hydrogen-bond acceptors (Lipinski definition) is 3. The summed E-state index contributed by atoms with van der Waals surface area (Å²) in [5.41, 5.74) is 1.21. The van der Waals surface area contributed by atoms with Crippen LogP contribution in [-0.4, -0.2) is 26.7 Å². The highest BCUT2D eigenvalue weighted by molar-refractivity contribution is 5.32. The Balaban J connectivity index is 3.03. The van der Waals surface area contributed by atoms with Crippen molar-refractivity contribution in [2.45, 2.75) is 25.4 Å². The molecule has 16 heavy (non-hydrogen) atoms. The molecule has 0 bridgehead atoms. The summed E-state index contributed by atoms with van der Waals surface area (Å²) in [6.45, 7) is 4.35. The molecule has 0 saturated carbocycles. The van der Waals surface area contributed by atoms with Crippen LogP contribution in [-0.2, 0) is 0 Å². The monoisotopic (exact) mass is 222 g/mol. The Morgan fingerprint density at radius 3 is 2.44 bits per heavy atom. The molecule has 0 heterocycles. The number of methoxy groups -OCH3 is 1. The maximum absolute atomic E-state index is 5.25. The number of nitrogens with one attached hydrogen (secondary N) is 2. The summed E-state index contributed by atoms with van der Waals surface area (Å²) < 4.78 is 5.25. The first-order valence-electron chi connectivity index (χ1n) is 5.55. The Morgan fingerprint density at radius 2 is 1.94 bits per heavy atom. The molecule has 0 aliphatic heterocycles. The molecule has 0 aliphatic rings. The molecule has 0 aliphatic carbocycles. The van der Waals surface area contributed by atoms with Gasteiger partial charge in [0.05, 0.1) is 7.11 Å². The number of likely N-dealkylation sites (N-methyl/N-ethyl adjacent to an activating group) is 2. The second kappa shape index (κ2) is 5.32. The van der Waals surface area contributed by atoms with Gasteiger partial charge in [-0.2, -0.15) is 0 Å². The molecule has 3 heteroatoms. The lowest BCUT2D eigenvalue weighted by Gasteiger charge is -2.34. The van der Waals surface area contributed by atoms with E-state index in [1.165, 1.54) is 5.56 Å². The molecule has 1 atom stereocenters. The van der Waals surface area contributed by atoms with Crippen molar-refractivity contribution in [3.05, 3.63) is 29.8 Å². The topological polar surface area (TPSA) is 33.3 Å². The summed E-state index contributed by atoms with van der Waals surface area (Å²) in [5, 5.41) is 6.67. The minimum absolute atomic E-state index is 0.0128. The van der Waals surface area contributed by atoms with E-state index >= 15 is 0 Å². The molecule has 3 nitrogen and oxygen atoms in total. The lowest BCUT2D eigenvalue weighted by Crippen LogP contribution is -2.47. The van der Waals surface area contributed by atoms with Crippen molar-refractivity contribution in [3.63, 3.8) is 0 Å². The average Bonchev–Trinajstić information content (AvgIpc) is 2.30. The van der Waals surface area contributed by atoms with Gasteiger partial charge in [0.2, 0.25) is 0 Å². The van der Waals surface area contributed by atoms with E-state index in [0.29, 0.717) is 0 Å². The number of rotatable bonds is 5. The lowest BCUT2D eigenvalue weighted by molar-refractivity contribution is 0.310. The van der Waals surface area contributed by atoms with E-state index in [0.717, 1.165) is 5.75 Å². The summed E-state index contributed by atoms with van der Waals surface area (Å²) in [5.74, 6) is 0.893. The number of hydrogen-bond donors (Lipinski definition) is 2. The van der Waals surface area contributed by atoms with Crippen LogP contribution in [0.5, 0.6) is 5.75 Å². The molecule has 0 saturated heterocycles. The van der Waals surface area contributed by atoms with E-state index in [1.807, 2.05) is 26.2 Å². The fraction of sp³-hybridized carbons (Fsp3) is 0.538. The van der Waals surface area contributed by atoms with Crippen molar-refractivity contribution in [2.24, 2.45) is 0 Å². The highest BCUT2D eigenvalue weighted by atomic mass is 16.5. The van der Waals surface area contributed by atoms with Crippen LogP contribution >= 0.6 is 0 Å². The largest absolute Gasteiger partial charge is 0.497 e. The van der Waals surface area contributed by atoms with Gasteiger partial charge in [0.1, 0.15) is 5.75 Å². The molecule has 1 aromatic rings. The van der Waals surface area contributed by atoms with Crippen LogP contribution in [0.25, 0.3) is 0 Å². The van der Waals surface area contributed by atoms with E-state index < -0.39 is 0 Å². The van der Waals surface area contributed by atoms with Gasteiger partial charge in [-0.05, 0) is 45.6 Å². The Labute approximate surface area is 98.2 Å². The van der Waals surface area contributed by atoms with Crippen LogP contribution in [0.15, 0.2) is 24.3 Å². The van der Waals surface area contributed by atoms with Crippen LogP contribution < -0.4 is 15.4 Å². The molecule has 2 N–H and O–H groups in total. The van der Waals surface area contributed by atoms with Crippen molar-refractivity contribution in [1.82, 2.24) is 10.6 Å². The van der Waals surface area contributed by atoms with Gasteiger partial charge in [0.15, 0.2) is 0 Å². The predicted molar refractivity (Wildman–Crippen MR) is 67.9 cm³/mol.